The Kier molecular flexibility index (Phi) is 6.81. The van der Waals surface area contributed by atoms with Gasteiger partial charge < -0.3 is 4.74 Å². The van der Waals surface area contributed by atoms with Crippen molar-refractivity contribution in [2.45, 2.75) is 32.6 Å². The zero-order chi connectivity index (χ0) is 15.8. The van der Waals surface area contributed by atoms with Crippen LogP contribution < -0.4 is 15.1 Å². The molecule has 0 atom stereocenters. The molecule has 118 valence electrons. The van der Waals surface area contributed by atoms with Crippen LogP contribution in [-0.4, -0.2) is 13.3 Å². The molecule has 0 spiro atoms. The molecule has 0 saturated carbocycles. The van der Waals surface area contributed by atoms with Crippen molar-refractivity contribution in [2.24, 2.45) is 0 Å². The first-order chi connectivity index (χ1) is 10.6. The number of ether oxygens (including phenoxy) is 1. The summed E-state index contributed by atoms with van der Waals surface area (Å²) < 4.78 is 5.83. The Morgan fingerprint density at radius 2 is 1.59 bits per heavy atom. The van der Waals surface area contributed by atoms with Gasteiger partial charge in [-0.1, -0.05) is 68.7 Å². The summed E-state index contributed by atoms with van der Waals surface area (Å²) in [5.41, 5.74) is 0. The Morgan fingerprint density at radius 1 is 0.864 bits per heavy atom. The van der Waals surface area contributed by atoms with E-state index in [9.17, 15) is 0 Å². The monoisotopic (exact) mass is 352 g/mol. The highest BCUT2D eigenvalue weighted by atomic mass is 35.7. The second-order valence-electron chi connectivity index (χ2n) is 5.38. The SMILES string of the molecule is CCCCCCOc1cccc([Si](Cl)(Cl)c2ccccc2)c1. The normalized spacial score (nSPS) is 11.4. The zero-order valence-electron chi connectivity index (χ0n) is 12.9. The molecule has 4 heteroatoms. The predicted molar refractivity (Wildman–Crippen MR) is 99.2 cm³/mol. The smallest absolute Gasteiger partial charge is 0.310 e. The van der Waals surface area contributed by atoms with E-state index in [4.69, 9.17) is 26.9 Å². The second-order valence-corrected chi connectivity index (χ2v) is 11.7. The fraction of sp³-hybridized carbons (Fsp3) is 0.333. The largest absolute Gasteiger partial charge is 0.494 e. The van der Waals surface area contributed by atoms with Crippen LogP contribution >= 0.6 is 22.2 Å². The number of hydrogen-bond acceptors (Lipinski definition) is 1. The van der Waals surface area contributed by atoms with Gasteiger partial charge in [0.25, 0.3) is 0 Å². The maximum atomic E-state index is 6.71. The first-order valence-corrected chi connectivity index (χ1v) is 11.8. The quantitative estimate of drug-likeness (QED) is 0.380. The lowest BCUT2D eigenvalue weighted by Gasteiger charge is -2.18. The molecule has 0 bridgehead atoms. The molecule has 2 aromatic carbocycles. The molecular weight excluding hydrogens is 331 g/mol. The average molecular weight is 353 g/mol. The van der Waals surface area contributed by atoms with Gasteiger partial charge in [-0.2, -0.15) is 0 Å². The van der Waals surface area contributed by atoms with Crippen molar-refractivity contribution in [1.29, 1.82) is 0 Å². The zero-order valence-corrected chi connectivity index (χ0v) is 15.4. The third-order valence-corrected chi connectivity index (χ3v) is 8.31. The van der Waals surface area contributed by atoms with Crippen molar-refractivity contribution in [3.63, 3.8) is 0 Å². The van der Waals surface area contributed by atoms with E-state index in [1.165, 1.54) is 19.3 Å². The van der Waals surface area contributed by atoms with Gasteiger partial charge in [-0.15, -0.1) is 22.2 Å². The van der Waals surface area contributed by atoms with Crippen LogP contribution in [0.5, 0.6) is 5.75 Å². The van der Waals surface area contributed by atoms with E-state index in [2.05, 4.69) is 6.92 Å². The third kappa shape index (κ3) is 4.77. The van der Waals surface area contributed by atoms with E-state index < -0.39 is 6.69 Å². The lowest BCUT2D eigenvalue weighted by molar-refractivity contribution is 0.305. The summed E-state index contributed by atoms with van der Waals surface area (Å²) in [6, 6.07) is 17.8. The molecule has 0 amide bonds. The Hall–Kier alpha value is -0.963. The molecule has 0 fully saturated rings. The van der Waals surface area contributed by atoms with E-state index in [0.717, 1.165) is 29.2 Å². The number of benzene rings is 2. The molecule has 0 aliphatic rings. The summed E-state index contributed by atoms with van der Waals surface area (Å²) in [5, 5.41) is 1.96. The van der Waals surface area contributed by atoms with Crippen LogP contribution in [0.15, 0.2) is 54.6 Å². The van der Waals surface area contributed by atoms with Gasteiger partial charge in [0.2, 0.25) is 0 Å². The van der Waals surface area contributed by atoms with E-state index in [-0.39, 0.29) is 0 Å². The van der Waals surface area contributed by atoms with Crippen LogP contribution in [0.3, 0.4) is 0 Å². The van der Waals surface area contributed by atoms with Gasteiger partial charge in [0.1, 0.15) is 5.75 Å². The summed E-state index contributed by atoms with van der Waals surface area (Å²) in [6.45, 7) is 0.269. The first-order valence-electron chi connectivity index (χ1n) is 7.81. The highest BCUT2D eigenvalue weighted by Crippen LogP contribution is 2.18. The summed E-state index contributed by atoms with van der Waals surface area (Å²) in [4.78, 5) is 0. The molecule has 0 unspecified atom stereocenters. The average Bonchev–Trinajstić information content (AvgIpc) is 2.56. The van der Waals surface area contributed by atoms with Crippen LogP contribution in [0.2, 0.25) is 0 Å². The summed E-state index contributed by atoms with van der Waals surface area (Å²) in [5.74, 6) is 0.850. The molecule has 0 saturated heterocycles. The Bertz CT molecular complexity index is 572. The van der Waals surface area contributed by atoms with Gasteiger partial charge in [-0.3, -0.25) is 0 Å². The van der Waals surface area contributed by atoms with Crippen molar-refractivity contribution in [3.8, 4) is 5.75 Å². The van der Waals surface area contributed by atoms with E-state index in [1.54, 1.807) is 0 Å². The van der Waals surface area contributed by atoms with Crippen LogP contribution in [0.25, 0.3) is 0 Å². The number of hydrogen-bond donors (Lipinski definition) is 0. The van der Waals surface area contributed by atoms with Gasteiger partial charge in [0.15, 0.2) is 0 Å². The van der Waals surface area contributed by atoms with Crippen LogP contribution in [0.4, 0.5) is 0 Å². The summed E-state index contributed by atoms with van der Waals surface area (Å²) in [6.07, 6.45) is 4.79. The summed E-state index contributed by atoms with van der Waals surface area (Å²) in [7, 11) is 0. The van der Waals surface area contributed by atoms with Gasteiger partial charge in [0.05, 0.1) is 6.61 Å². The standard InChI is InChI=1S/C18H22Cl2OSi/c1-2-3-4-8-14-21-16-10-9-13-18(15-16)22(19,20)17-11-6-5-7-12-17/h5-7,9-13,15H,2-4,8,14H2,1H3. The van der Waals surface area contributed by atoms with Crippen LogP contribution in [0.1, 0.15) is 32.6 Å². The van der Waals surface area contributed by atoms with E-state index in [1.807, 2.05) is 54.6 Å². The lowest BCUT2D eigenvalue weighted by atomic mass is 10.2. The fourth-order valence-electron chi connectivity index (χ4n) is 2.31. The Balaban J connectivity index is 2.04. The van der Waals surface area contributed by atoms with Gasteiger partial charge in [-0.25, -0.2) is 0 Å². The third-order valence-electron chi connectivity index (χ3n) is 3.60. The molecular formula is C18H22Cl2OSi. The summed E-state index contributed by atoms with van der Waals surface area (Å²) >= 11 is 13.4. The number of halogens is 2. The van der Waals surface area contributed by atoms with Gasteiger partial charge >= 0.3 is 6.69 Å². The topological polar surface area (TPSA) is 9.23 Å². The Labute approximate surface area is 143 Å². The fourth-order valence-corrected chi connectivity index (χ4v) is 5.35. The van der Waals surface area contributed by atoms with Crippen molar-refractivity contribution >= 4 is 39.2 Å². The maximum absolute atomic E-state index is 6.71. The van der Waals surface area contributed by atoms with Crippen molar-refractivity contribution in [2.75, 3.05) is 6.61 Å². The molecule has 0 N–H and O–H groups in total. The minimum Gasteiger partial charge on any atom is -0.494 e. The van der Waals surface area contributed by atoms with E-state index >= 15 is 0 Å². The van der Waals surface area contributed by atoms with Gasteiger partial charge in [-0.05, 0) is 28.9 Å². The lowest BCUT2D eigenvalue weighted by Crippen LogP contribution is -2.48. The Morgan fingerprint density at radius 3 is 2.32 bits per heavy atom. The molecule has 0 heterocycles. The van der Waals surface area contributed by atoms with Crippen molar-refractivity contribution in [3.05, 3.63) is 54.6 Å². The minimum absolute atomic E-state index is 0.744. The van der Waals surface area contributed by atoms with E-state index in [0.29, 0.717) is 0 Å². The highest BCUT2D eigenvalue weighted by Gasteiger charge is 2.33. The van der Waals surface area contributed by atoms with Crippen LogP contribution in [-0.2, 0) is 0 Å². The highest BCUT2D eigenvalue weighted by molar-refractivity contribution is 7.56. The van der Waals surface area contributed by atoms with Crippen LogP contribution in [0, 0.1) is 0 Å². The second kappa shape index (κ2) is 8.61. The molecule has 0 radical (unpaired) electrons. The van der Waals surface area contributed by atoms with Crippen molar-refractivity contribution in [1.82, 2.24) is 0 Å². The molecule has 1 nitrogen and oxygen atoms in total. The predicted octanol–water partition coefficient (Wildman–Crippen LogP) is 4.68. The maximum Gasteiger partial charge on any atom is 0.310 e. The number of unbranched alkanes of at least 4 members (excludes halogenated alkanes) is 3. The first kappa shape index (κ1) is 17.4. The molecule has 0 aliphatic carbocycles. The van der Waals surface area contributed by atoms with Crippen molar-refractivity contribution < 1.29 is 4.74 Å². The molecule has 22 heavy (non-hydrogen) atoms. The molecule has 0 aliphatic heterocycles. The molecule has 2 rings (SSSR count). The molecule has 0 aromatic heterocycles. The number of rotatable bonds is 8. The minimum atomic E-state index is -2.68. The molecule has 2 aromatic rings. The van der Waals surface area contributed by atoms with Gasteiger partial charge in [0, 0.05) is 0 Å².